The van der Waals surface area contributed by atoms with E-state index in [-0.39, 0.29) is 6.04 Å². The number of allylic oxidation sites excluding steroid dienone is 3. The number of nitrogens with zero attached hydrogens (tertiary/aromatic N) is 1. The van der Waals surface area contributed by atoms with Gasteiger partial charge in [-0.1, -0.05) is 80.1 Å². The molecule has 22 heavy (non-hydrogen) atoms. The van der Waals surface area contributed by atoms with Crippen LogP contribution in [0.3, 0.4) is 0 Å². The second kappa shape index (κ2) is 6.63. The summed E-state index contributed by atoms with van der Waals surface area (Å²) in [6, 6.07) is 20.3. The standard InChI is InChI=1S/C20H21NO/c1-2-9-18-14-15-19(16-10-5-3-6-11-16)20(21(18)22)17-12-7-4-8-13-17/h3-8,10-15,20,22H,2,9H2,1H3. The first-order chi connectivity index (χ1) is 10.8. The van der Waals surface area contributed by atoms with Crippen LogP contribution in [0.2, 0.25) is 0 Å². The average Bonchev–Trinajstić information content (AvgIpc) is 2.58. The quantitative estimate of drug-likeness (QED) is 0.837. The molecule has 1 aliphatic heterocycles. The van der Waals surface area contributed by atoms with Gasteiger partial charge in [-0.3, -0.25) is 5.21 Å². The van der Waals surface area contributed by atoms with Crippen molar-refractivity contribution >= 4 is 5.57 Å². The second-order valence-corrected chi connectivity index (χ2v) is 5.55. The molecule has 1 N–H and O–H groups in total. The summed E-state index contributed by atoms with van der Waals surface area (Å²) in [6.45, 7) is 2.13. The Balaban J connectivity index is 2.07. The van der Waals surface area contributed by atoms with Gasteiger partial charge in [0.2, 0.25) is 0 Å². The molecule has 2 nitrogen and oxygen atoms in total. The molecular formula is C20H21NO. The number of benzene rings is 2. The van der Waals surface area contributed by atoms with Gasteiger partial charge in [0.1, 0.15) is 6.04 Å². The summed E-state index contributed by atoms with van der Waals surface area (Å²) in [5, 5.41) is 12.2. The van der Waals surface area contributed by atoms with Gasteiger partial charge in [0.05, 0.1) is 0 Å². The summed E-state index contributed by atoms with van der Waals surface area (Å²) >= 11 is 0. The Morgan fingerprint density at radius 3 is 2.18 bits per heavy atom. The molecular weight excluding hydrogens is 270 g/mol. The van der Waals surface area contributed by atoms with Crippen molar-refractivity contribution in [1.82, 2.24) is 5.06 Å². The van der Waals surface area contributed by atoms with E-state index in [1.54, 1.807) is 0 Å². The molecule has 0 fully saturated rings. The smallest absolute Gasteiger partial charge is 0.106 e. The Morgan fingerprint density at radius 1 is 0.909 bits per heavy atom. The molecule has 0 amide bonds. The molecule has 3 rings (SSSR count). The third-order valence-corrected chi connectivity index (χ3v) is 4.02. The molecule has 0 radical (unpaired) electrons. The molecule has 1 aliphatic rings. The van der Waals surface area contributed by atoms with Crippen molar-refractivity contribution in [2.24, 2.45) is 0 Å². The van der Waals surface area contributed by atoms with E-state index in [0.717, 1.165) is 35.2 Å². The van der Waals surface area contributed by atoms with Gasteiger partial charge in [0.25, 0.3) is 0 Å². The average molecular weight is 291 g/mol. The van der Waals surface area contributed by atoms with Gasteiger partial charge in [-0.15, -0.1) is 0 Å². The lowest BCUT2D eigenvalue weighted by Gasteiger charge is -2.34. The van der Waals surface area contributed by atoms with Crippen molar-refractivity contribution < 1.29 is 5.21 Å². The normalized spacial score (nSPS) is 17.9. The van der Waals surface area contributed by atoms with Crippen LogP contribution in [0.25, 0.3) is 5.57 Å². The van der Waals surface area contributed by atoms with Crippen LogP contribution >= 0.6 is 0 Å². The molecule has 0 spiro atoms. The first-order valence-corrected chi connectivity index (χ1v) is 7.80. The Morgan fingerprint density at radius 2 is 1.55 bits per heavy atom. The largest absolute Gasteiger partial charge is 0.288 e. The third-order valence-electron chi connectivity index (χ3n) is 4.02. The van der Waals surface area contributed by atoms with Gasteiger partial charge in [-0.05, 0) is 29.2 Å². The summed E-state index contributed by atoms with van der Waals surface area (Å²) in [6.07, 6.45) is 6.06. The molecule has 0 saturated heterocycles. The number of hydrogen-bond acceptors (Lipinski definition) is 2. The van der Waals surface area contributed by atoms with Crippen LogP contribution in [0.5, 0.6) is 0 Å². The van der Waals surface area contributed by atoms with Crippen LogP contribution < -0.4 is 0 Å². The molecule has 2 heteroatoms. The third kappa shape index (κ3) is 2.83. The van der Waals surface area contributed by atoms with Gasteiger partial charge in [-0.25, -0.2) is 5.06 Å². The van der Waals surface area contributed by atoms with Crippen molar-refractivity contribution in [3.8, 4) is 0 Å². The molecule has 1 unspecified atom stereocenters. The molecule has 0 aromatic heterocycles. The number of rotatable bonds is 4. The summed E-state index contributed by atoms with van der Waals surface area (Å²) in [4.78, 5) is 0. The zero-order chi connectivity index (χ0) is 15.4. The van der Waals surface area contributed by atoms with E-state index < -0.39 is 0 Å². The predicted molar refractivity (Wildman–Crippen MR) is 90.2 cm³/mol. The fourth-order valence-corrected chi connectivity index (χ4v) is 2.95. The van der Waals surface area contributed by atoms with Crippen LogP contribution in [-0.4, -0.2) is 10.3 Å². The minimum Gasteiger partial charge on any atom is -0.288 e. The number of hydroxylamine groups is 2. The maximum Gasteiger partial charge on any atom is 0.106 e. The second-order valence-electron chi connectivity index (χ2n) is 5.55. The molecule has 0 bridgehead atoms. The van der Waals surface area contributed by atoms with E-state index in [1.807, 2.05) is 42.5 Å². The van der Waals surface area contributed by atoms with Gasteiger partial charge in [0.15, 0.2) is 0 Å². The Bertz CT molecular complexity index is 673. The molecule has 2 aromatic carbocycles. The monoisotopic (exact) mass is 291 g/mol. The Labute approximate surface area is 132 Å². The van der Waals surface area contributed by atoms with Crippen molar-refractivity contribution in [1.29, 1.82) is 0 Å². The zero-order valence-electron chi connectivity index (χ0n) is 12.8. The summed E-state index contributed by atoms with van der Waals surface area (Å²) < 4.78 is 0. The van der Waals surface area contributed by atoms with Crippen molar-refractivity contribution in [2.45, 2.75) is 25.8 Å². The fraction of sp³-hybridized carbons (Fsp3) is 0.200. The predicted octanol–water partition coefficient (Wildman–Crippen LogP) is 5.20. The zero-order valence-corrected chi connectivity index (χ0v) is 12.8. The highest BCUT2D eigenvalue weighted by atomic mass is 16.5. The van der Waals surface area contributed by atoms with E-state index in [1.165, 1.54) is 5.06 Å². The topological polar surface area (TPSA) is 23.5 Å². The number of hydrogen-bond donors (Lipinski definition) is 1. The Kier molecular flexibility index (Phi) is 4.40. The van der Waals surface area contributed by atoms with Gasteiger partial charge in [-0.2, -0.15) is 0 Å². The lowest BCUT2D eigenvalue weighted by atomic mass is 9.89. The van der Waals surface area contributed by atoms with E-state index in [9.17, 15) is 5.21 Å². The van der Waals surface area contributed by atoms with E-state index in [2.05, 4.69) is 37.3 Å². The van der Waals surface area contributed by atoms with Crippen molar-refractivity contribution in [2.75, 3.05) is 0 Å². The Hall–Kier alpha value is -2.32. The minimum atomic E-state index is -0.157. The van der Waals surface area contributed by atoms with Crippen molar-refractivity contribution in [3.05, 3.63) is 89.6 Å². The molecule has 1 heterocycles. The van der Waals surface area contributed by atoms with E-state index in [4.69, 9.17) is 0 Å². The van der Waals surface area contributed by atoms with E-state index >= 15 is 0 Å². The molecule has 2 aromatic rings. The first kappa shape index (κ1) is 14.6. The van der Waals surface area contributed by atoms with Crippen LogP contribution in [0, 0.1) is 0 Å². The highest BCUT2D eigenvalue weighted by Gasteiger charge is 2.28. The minimum absolute atomic E-state index is 0.157. The van der Waals surface area contributed by atoms with Crippen LogP contribution in [0.4, 0.5) is 0 Å². The molecule has 112 valence electrons. The van der Waals surface area contributed by atoms with Gasteiger partial charge in [0, 0.05) is 5.70 Å². The fourth-order valence-electron chi connectivity index (χ4n) is 2.95. The first-order valence-electron chi connectivity index (χ1n) is 7.80. The van der Waals surface area contributed by atoms with Crippen LogP contribution in [-0.2, 0) is 0 Å². The van der Waals surface area contributed by atoms with E-state index in [0.29, 0.717) is 0 Å². The molecule has 0 saturated carbocycles. The maximum absolute atomic E-state index is 10.8. The van der Waals surface area contributed by atoms with Crippen LogP contribution in [0.1, 0.15) is 36.9 Å². The highest BCUT2D eigenvalue weighted by Crippen LogP contribution is 2.39. The molecule has 1 atom stereocenters. The summed E-state index contributed by atoms with van der Waals surface area (Å²) in [5.41, 5.74) is 4.33. The lowest BCUT2D eigenvalue weighted by Crippen LogP contribution is -2.28. The summed E-state index contributed by atoms with van der Waals surface area (Å²) in [5.74, 6) is 0. The van der Waals surface area contributed by atoms with Crippen LogP contribution in [0.15, 0.2) is 78.5 Å². The summed E-state index contributed by atoms with van der Waals surface area (Å²) in [7, 11) is 0. The maximum atomic E-state index is 10.8. The van der Waals surface area contributed by atoms with Crippen molar-refractivity contribution in [3.63, 3.8) is 0 Å². The SMILES string of the molecule is CCCC1=CC=C(c2ccccc2)C(c2ccccc2)N1O. The van der Waals surface area contributed by atoms with Gasteiger partial charge < -0.3 is 0 Å². The lowest BCUT2D eigenvalue weighted by molar-refractivity contribution is -0.0813. The van der Waals surface area contributed by atoms with Gasteiger partial charge >= 0.3 is 0 Å². The highest BCUT2D eigenvalue weighted by molar-refractivity contribution is 5.74. The molecule has 0 aliphatic carbocycles.